The van der Waals surface area contributed by atoms with Gasteiger partial charge in [-0.15, -0.1) is 0 Å². The summed E-state index contributed by atoms with van der Waals surface area (Å²) in [5.41, 5.74) is 0.171. The molecule has 0 saturated heterocycles. The highest BCUT2D eigenvalue weighted by Crippen LogP contribution is 2.23. The van der Waals surface area contributed by atoms with Crippen LogP contribution < -0.4 is 4.90 Å². The Labute approximate surface area is 113 Å². The SMILES string of the molecule is CN(C(=O)CCCC(=O)O)c1cc(Br)ccc1F. The molecule has 0 aliphatic carbocycles. The van der Waals surface area contributed by atoms with Gasteiger partial charge in [0.1, 0.15) is 5.82 Å². The molecule has 1 N–H and O–H groups in total. The highest BCUT2D eigenvalue weighted by atomic mass is 79.9. The van der Waals surface area contributed by atoms with Crippen LogP contribution in [0.1, 0.15) is 19.3 Å². The maximum atomic E-state index is 13.5. The monoisotopic (exact) mass is 317 g/mol. The molecule has 0 aliphatic rings. The molecule has 0 unspecified atom stereocenters. The van der Waals surface area contributed by atoms with Crippen molar-refractivity contribution in [1.29, 1.82) is 0 Å². The lowest BCUT2D eigenvalue weighted by Crippen LogP contribution is -2.26. The highest BCUT2D eigenvalue weighted by Gasteiger charge is 2.15. The number of carboxylic acids is 1. The van der Waals surface area contributed by atoms with Crippen LogP contribution in [0.2, 0.25) is 0 Å². The third kappa shape index (κ3) is 4.10. The summed E-state index contributed by atoms with van der Waals surface area (Å²) in [6.07, 6.45) is 0.253. The molecule has 6 heteroatoms. The van der Waals surface area contributed by atoms with E-state index in [2.05, 4.69) is 15.9 Å². The van der Waals surface area contributed by atoms with Crippen molar-refractivity contribution < 1.29 is 19.1 Å². The van der Waals surface area contributed by atoms with Crippen LogP contribution in [0.4, 0.5) is 10.1 Å². The third-order valence-corrected chi connectivity index (χ3v) is 2.92. The van der Waals surface area contributed by atoms with Crippen molar-refractivity contribution in [1.82, 2.24) is 0 Å². The van der Waals surface area contributed by atoms with E-state index in [0.717, 1.165) is 0 Å². The van der Waals surface area contributed by atoms with Crippen LogP contribution in [0.5, 0.6) is 0 Å². The zero-order chi connectivity index (χ0) is 13.7. The summed E-state index contributed by atoms with van der Waals surface area (Å²) in [7, 11) is 1.47. The molecular weight excluding hydrogens is 305 g/mol. The van der Waals surface area contributed by atoms with Gasteiger partial charge in [0.05, 0.1) is 5.69 Å². The number of hydrogen-bond donors (Lipinski definition) is 1. The minimum Gasteiger partial charge on any atom is -0.481 e. The van der Waals surface area contributed by atoms with Crippen LogP contribution >= 0.6 is 15.9 Å². The first-order chi connectivity index (χ1) is 8.41. The zero-order valence-electron chi connectivity index (χ0n) is 9.82. The molecule has 1 rings (SSSR count). The quantitative estimate of drug-likeness (QED) is 0.908. The standard InChI is InChI=1S/C12H13BrFNO3/c1-15(11(16)3-2-4-12(17)18)10-7-8(13)5-6-9(10)14/h5-7H,2-4H2,1H3,(H,17,18). The second-order valence-corrected chi connectivity index (χ2v) is 4.71. The molecule has 0 saturated carbocycles. The van der Waals surface area contributed by atoms with Gasteiger partial charge in [0.25, 0.3) is 0 Å². The average Bonchev–Trinajstić information content (AvgIpc) is 2.30. The number of halogens is 2. The first-order valence-corrected chi connectivity index (χ1v) is 6.14. The molecule has 18 heavy (non-hydrogen) atoms. The smallest absolute Gasteiger partial charge is 0.303 e. The molecule has 4 nitrogen and oxygen atoms in total. The van der Waals surface area contributed by atoms with Crippen LogP contribution in [0, 0.1) is 5.82 Å². The first kappa shape index (κ1) is 14.6. The lowest BCUT2D eigenvalue weighted by molar-refractivity contribution is -0.137. The predicted octanol–water partition coefficient (Wildman–Crippen LogP) is 2.81. The van der Waals surface area contributed by atoms with E-state index in [0.29, 0.717) is 4.47 Å². The Morgan fingerprint density at radius 3 is 2.67 bits per heavy atom. The van der Waals surface area contributed by atoms with Gasteiger partial charge in [0.2, 0.25) is 5.91 Å². The molecule has 1 aromatic carbocycles. The minimum atomic E-state index is -0.945. The largest absolute Gasteiger partial charge is 0.481 e. The number of nitrogens with zero attached hydrogens (tertiary/aromatic N) is 1. The van der Waals surface area contributed by atoms with Crippen LogP contribution in [-0.4, -0.2) is 24.0 Å². The summed E-state index contributed by atoms with van der Waals surface area (Å²) in [6, 6.07) is 4.31. The lowest BCUT2D eigenvalue weighted by Gasteiger charge is -2.18. The Kier molecular flexibility index (Phi) is 5.27. The van der Waals surface area contributed by atoms with E-state index in [9.17, 15) is 14.0 Å². The van der Waals surface area contributed by atoms with Crippen molar-refractivity contribution >= 4 is 33.5 Å². The second kappa shape index (κ2) is 6.49. The van der Waals surface area contributed by atoms with E-state index >= 15 is 0 Å². The number of anilines is 1. The Hall–Kier alpha value is -1.43. The Balaban J connectivity index is 2.68. The number of benzene rings is 1. The molecule has 0 aromatic heterocycles. The van der Waals surface area contributed by atoms with E-state index in [1.807, 2.05) is 0 Å². The molecule has 0 fully saturated rings. The fraction of sp³-hybridized carbons (Fsp3) is 0.333. The molecule has 0 spiro atoms. The van der Waals surface area contributed by atoms with E-state index < -0.39 is 11.8 Å². The Bertz CT molecular complexity index is 465. The lowest BCUT2D eigenvalue weighted by atomic mass is 10.2. The van der Waals surface area contributed by atoms with Crippen molar-refractivity contribution in [3.05, 3.63) is 28.5 Å². The molecule has 1 aromatic rings. The maximum absolute atomic E-state index is 13.5. The van der Waals surface area contributed by atoms with Crippen molar-refractivity contribution in [2.45, 2.75) is 19.3 Å². The second-order valence-electron chi connectivity index (χ2n) is 3.80. The van der Waals surface area contributed by atoms with Gasteiger partial charge >= 0.3 is 5.97 Å². The topological polar surface area (TPSA) is 57.6 Å². The molecule has 0 bridgehead atoms. The fourth-order valence-corrected chi connectivity index (χ4v) is 1.78. The minimum absolute atomic E-state index is 0.0689. The molecular formula is C12H13BrFNO3. The van der Waals surface area contributed by atoms with Crippen LogP contribution in [0.3, 0.4) is 0 Å². The number of carbonyl (C=O) groups is 2. The maximum Gasteiger partial charge on any atom is 0.303 e. The van der Waals surface area contributed by atoms with Crippen molar-refractivity contribution in [2.24, 2.45) is 0 Å². The number of rotatable bonds is 5. The summed E-state index contributed by atoms with van der Waals surface area (Å²) in [4.78, 5) is 23.3. The summed E-state index contributed by atoms with van der Waals surface area (Å²) in [5, 5.41) is 8.47. The van der Waals surface area contributed by atoms with Gasteiger partial charge < -0.3 is 10.0 Å². The summed E-state index contributed by atoms with van der Waals surface area (Å²) in [5.74, 6) is -1.75. The Morgan fingerprint density at radius 1 is 1.39 bits per heavy atom. The fourth-order valence-electron chi connectivity index (χ4n) is 1.44. The van der Waals surface area contributed by atoms with Crippen LogP contribution in [0.25, 0.3) is 0 Å². The predicted molar refractivity (Wildman–Crippen MR) is 69.0 cm³/mol. The van der Waals surface area contributed by atoms with E-state index in [-0.39, 0.29) is 30.9 Å². The summed E-state index contributed by atoms with van der Waals surface area (Å²) < 4.78 is 14.2. The number of carbonyl (C=O) groups excluding carboxylic acids is 1. The molecule has 98 valence electrons. The molecule has 0 aliphatic heterocycles. The molecule has 0 radical (unpaired) electrons. The van der Waals surface area contributed by atoms with Gasteiger partial charge in [0, 0.05) is 24.4 Å². The molecule has 0 atom stereocenters. The van der Waals surface area contributed by atoms with Gasteiger partial charge in [-0.1, -0.05) is 15.9 Å². The van der Waals surface area contributed by atoms with Gasteiger partial charge in [-0.05, 0) is 24.6 Å². The number of carboxylic acid groups (broad SMARTS) is 1. The molecule has 1 amide bonds. The Morgan fingerprint density at radius 2 is 2.06 bits per heavy atom. The van der Waals surface area contributed by atoms with Crippen molar-refractivity contribution in [2.75, 3.05) is 11.9 Å². The highest BCUT2D eigenvalue weighted by molar-refractivity contribution is 9.10. The third-order valence-electron chi connectivity index (χ3n) is 2.42. The zero-order valence-corrected chi connectivity index (χ0v) is 11.4. The molecule has 0 heterocycles. The van der Waals surface area contributed by atoms with Gasteiger partial charge in [-0.2, -0.15) is 0 Å². The summed E-state index contributed by atoms with van der Waals surface area (Å²) >= 11 is 3.20. The van der Waals surface area contributed by atoms with E-state index in [4.69, 9.17) is 5.11 Å². The number of hydrogen-bond acceptors (Lipinski definition) is 2. The van der Waals surface area contributed by atoms with Gasteiger partial charge in [0.15, 0.2) is 0 Å². The van der Waals surface area contributed by atoms with Crippen LogP contribution in [0.15, 0.2) is 22.7 Å². The van der Waals surface area contributed by atoms with Crippen molar-refractivity contribution in [3.63, 3.8) is 0 Å². The first-order valence-electron chi connectivity index (χ1n) is 5.35. The number of amides is 1. The van der Waals surface area contributed by atoms with Gasteiger partial charge in [-0.3, -0.25) is 9.59 Å². The van der Waals surface area contributed by atoms with Gasteiger partial charge in [-0.25, -0.2) is 4.39 Å². The normalized spacial score (nSPS) is 10.2. The summed E-state index contributed by atoms with van der Waals surface area (Å²) in [6.45, 7) is 0. The van der Waals surface area contributed by atoms with E-state index in [1.165, 1.54) is 24.1 Å². The average molecular weight is 318 g/mol. The number of aliphatic carboxylic acids is 1. The van der Waals surface area contributed by atoms with Crippen molar-refractivity contribution in [3.8, 4) is 0 Å². The van der Waals surface area contributed by atoms with Crippen LogP contribution in [-0.2, 0) is 9.59 Å². The van der Waals surface area contributed by atoms with E-state index in [1.54, 1.807) is 6.07 Å².